The SMILES string of the molecule is Cl.O=C(NCCCN1CCNCC1)c1cc(-c2cccs2)[nH]n1. The number of carbonyl (C=O) groups is 1. The van der Waals surface area contributed by atoms with Gasteiger partial charge >= 0.3 is 0 Å². The van der Waals surface area contributed by atoms with Crippen LogP contribution in [0.15, 0.2) is 23.6 Å². The van der Waals surface area contributed by atoms with Crippen molar-refractivity contribution in [1.29, 1.82) is 0 Å². The van der Waals surface area contributed by atoms with E-state index in [1.165, 1.54) is 0 Å². The number of nitrogens with zero attached hydrogens (tertiary/aromatic N) is 2. The molecule has 1 fully saturated rings. The Morgan fingerprint density at radius 1 is 1.39 bits per heavy atom. The number of aromatic nitrogens is 2. The van der Waals surface area contributed by atoms with Gasteiger partial charge in [-0.1, -0.05) is 6.07 Å². The summed E-state index contributed by atoms with van der Waals surface area (Å²) in [7, 11) is 0. The molecule has 126 valence electrons. The van der Waals surface area contributed by atoms with Gasteiger partial charge < -0.3 is 15.5 Å². The molecule has 0 bridgehead atoms. The van der Waals surface area contributed by atoms with Crippen LogP contribution in [0.3, 0.4) is 0 Å². The van der Waals surface area contributed by atoms with E-state index < -0.39 is 0 Å². The van der Waals surface area contributed by atoms with Crippen molar-refractivity contribution < 1.29 is 4.79 Å². The number of thiophene rings is 1. The van der Waals surface area contributed by atoms with Crippen molar-refractivity contribution in [1.82, 2.24) is 25.7 Å². The van der Waals surface area contributed by atoms with Crippen LogP contribution in [-0.4, -0.2) is 60.3 Å². The lowest BCUT2D eigenvalue weighted by Crippen LogP contribution is -2.44. The van der Waals surface area contributed by atoms with Crippen LogP contribution in [-0.2, 0) is 0 Å². The van der Waals surface area contributed by atoms with Crippen LogP contribution < -0.4 is 10.6 Å². The van der Waals surface area contributed by atoms with E-state index in [1.54, 1.807) is 17.4 Å². The molecule has 0 saturated carbocycles. The molecule has 1 aliphatic rings. The Hall–Kier alpha value is -1.41. The summed E-state index contributed by atoms with van der Waals surface area (Å²) in [6.07, 6.45) is 0.966. The number of carbonyl (C=O) groups excluding carboxylic acids is 1. The minimum Gasteiger partial charge on any atom is -0.351 e. The molecule has 3 heterocycles. The monoisotopic (exact) mass is 355 g/mol. The smallest absolute Gasteiger partial charge is 0.271 e. The van der Waals surface area contributed by atoms with E-state index in [1.807, 2.05) is 17.5 Å². The molecule has 2 aromatic heterocycles. The Bertz CT molecular complexity index is 595. The van der Waals surface area contributed by atoms with Gasteiger partial charge in [-0.2, -0.15) is 5.10 Å². The van der Waals surface area contributed by atoms with Crippen LogP contribution in [0.2, 0.25) is 0 Å². The molecule has 2 aromatic rings. The zero-order chi connectivity index (χ0) is 15.2. The molecule has 0 spiro atoms. The van der Waals surface area contributed by atoms with E-state index in [0.717, 1.165) is 49.7 Å². The number of amides is 1. The highest BCUT2D eigenvalue weighted by molar-refractivity contribution is 7.13. The average molecular weight is 356 g/mol. The van der Waals surface area contributed by atoms with Crippen molar-refractivity contribution in [2.75, 3.05) is 39.3 Å². The second-order valence-electron chi connectivity index (χ2n) is 5.35. The third-order valence-electron chi connectivity index (χ3n) is 3.74. The maximum Gasteiger partial charge on any atom is 0.271 e. The topological polar surface area (TPSA) is 73.1 Å². The molecule has 8 heteroatoms. The molecule has 0 radical (unpaired) electrons. The second-order valence-corrected chi connectivity index (χ2v) is 6.29. The first kappa shape index (κ1) is 17.9. The zero-order valence-corrected chi connectivity index (χ0v) is 14.5. The summed E-state index contributed by atoms with van der Waals surface area (Å²) >= 11 is 1.62. The van der Waals surface area contributed by atoms with Crippen LogP contribution in [0.5, 0.6) is 0 Å². The quantitative estimate of drug-likeness (QED) is 0.688. The number of rotatable bonds is 6. The Morgan fingerprint density at radius 2 is 2.22 bits per heavy atom. The van der Waals surface area contributed by atoms with Gasteiger partial charge in [0.15, 0.2) is 5.69 Å². The van der Waals surface area contributed by atoms with Gasteiger partial charge in [0.2, 0.25) is 0 Å². The van der Waals surface area contributed by atoms with Crippen LogP contribution in [0, 0.1) is 0 Å². The first-order valence-electron chi connectivity index (χ1n) is 7.63. The summed E-state index contributed by atoms with van der Waals surface area (Å²) in [5, 5.41) is 15.3. The number of hydrogen-bond acceptors (Lipinski definition) is 5. The largest absolute Gasteiger partial charge is 0.351 e. The van der Waals surface area contributed by atoms with E-state index in [4.69, 9.17) is 0 Å². The molecule has 0 unspecified atom stereocenters. The Balaban J connectivity index is 0.00000192. The van der Waals surface area contributed by atoms with Crippen LogP contribution >= 0.6 is 23.7 Å². The molecule has 6 nitrogen and oxygen atoms in total. The Kier molecular flexibility index (Phi) is 7.04. The van der Waals surface area contributed by atoms with Crippen LogP contribution in [0.4, 0.5) is 0 Å². The van der Waals surface area contributed by atoms with Gasteiger partial charge in [0.25, 0.3) is 5.91 Å². The normalized spacial score (nSPS) is 15.1. The van der Waals surface area contributed by atoms with Gasteiger partial charge in [0.1, 0.15) is 0 Å². The first-order valence-corrected chi connectivity index (χ1v) is 8.51. The Morgan fingerprint density at radius 3 is 2.96 bits per heavy atom. The highest BCUT2D eigenvalue weighted by Gasteiger charge is 2.12. The van der Waals surface area contributed by atoms with Gasteiger partial charge in [-0.05, 0) is 30.5 Å². The standard InChI is InChI=1S/C15H21N5OS.ClH/c21-15(17-4-2-7-20-8-5-16-6-9-20)13-11-12(18-19-13)14-3-1-10-22-14;/h1,3,10-11,16H,2,4-9H2,(H,17,21)(H,18,19);1H. The summed E-state index contributed by atoms with van der Waals surface area (Å²) < 4.78 is 0. The number of hydrogen-bond donors (Lipinski definition) is 3. The first-order chi connectivity index (χ1) is 10.8. The van der Waals surface area contributed by atoms with Gasteiger partial charge in [-0.15, -0.1) is 23.7 Å². The highest BCUT2D eigenvalue weighted by atomic mass is 35.5. The van der Waals surface area contributed by atoms with Crippen molar-refractivity contribution in [2.45, 2.75) is 6.42 Å². The summed E-state index contributed by atoms with van der Waals surface area (Å²) in [5.41, 5.74) is 1.34. The van der Waals surface area contributed by atoms with E-state index in [9.17, 15) is 4.79 Å². The molecule has 23 heavy (non-hydrogen) atoms. The van der Waals surface area contributed by atoms with E-state index in [0.29, 0.717) is 12.2 Å². The number of halogens is 1. The lowest BCUT2D eigenvalue weighted by atomic mass is 10.3. The minimum atomic E-state index is -0.112. The fourth-order valence-corrected chi connectivity index (χ4v) is 3.22. The van der Waals surface area contributed by atoms with Crippen molar-refractivity contribution in [2.24, 2.45) is 0 Å². The molecule has 0 aliphatic carbocycles. The average Bonchev–Trinajstić information content (AvgIpc) is 3.22. The summed E-state index contributed by atoms with van der Waals surface area (Å²) in [5.74, 6) is -0.112. The summed E-state index contributed by atoms with van der Waals surface area (Å²) in [6, 6.07) is 5.79. The van der Waals surface area contributed by atoms with Crippen molar-refractivity contribution in [3.05, 3.63) is 29.3 Å². The van der Waals surface area contributed by atoms with E-state index in [2.05, 4.69) is 25.7 Å². The van der Waals surface area contributed by atoms with Gasteiger partial charge in [0, 0.05) is 32.7 Å². The predicted octanol–water partition coefficient (Wildman–Crippen LogP) is 1.59. The van der Waals surface area contributed by atoms with Crippen LogP contribution in [0.25, 0.3) is 10.6 Å². The fourth-order valence-electron chi connectivity index (χ4n) is 2.53. The molecule has 0 aromatic carbocycles. The fraction of sp³-hybridized carbons (Fsp3) is 0.467. The number of aromatic amines is 1. The van der Waals surface area contributed by atoms with Gasteiger partial charge in [-0.25, -0.2) is 0 Å². The summed E-state index contributed by atoms with van der Waals surface area (Å²) in [4.78, 5) is 15.6. The molecular weight excluding hydrogens is 334 g/mol. The Labute approximate surface area is 146 Å². The van der Waals surface area contributed by atoms with Gasteiger partial charge in [0.05, 0.1) is 10.6 Å². The molecule has 3 rings (SSSR count). The van der Waals surface area contributed by atoms with Crippen LogP contribution in [0.1, 0.15) is 16.9 Å². The van der Waals surface area contributed by atoms with E-state index >= 15 is 0 Å². The minimum absolute atomic E-state index is 0. The zero-order valence-electron chi connectivity index (χ0n) is 12.9. The number of H-pyrrole nitrogens is 1. The molecule has 0 atom stereocenters. The molecule has 1 saturated heterocycles. The maximum atomic E-state index is 12.1. The van der Waals surface area contributed by atoms with Crippen molar-refractivity contribution >= 4 is 29.7 Å². The third-order valence-corrected chi connectivity index (χ3v) is 4.65. The van der Waals surface area contributed by atoms with E-state index in [-0.39, 0.29) is 18.3 Å². The highest BCUT2D eigenvalue weighted by Crippen LogP contribution is 2.22. The molecule has 1 amide bonds. The lowest BCUT2D eigenvalue weighted by Gasteiger charge is -2.26. The number of piperazine rings is 1. The molecular formula is C15H22ClN5OS. The second kappa shape index (κ2) is 9.02. The number of nitrogens with one attached hydrogen (secondary N) is 3. The van der Waals surface area contributed by atoms with Crippen molar-refractivity contribution in [3.63, 3.8) is 0 Å². The summed E-state index contributed by atoms with van der Waals surface area (Å²) in [6.45, 7) is 6.03. The maximum absolute atomic E-state index is 12.1. The lowest BCUT2D eigenvalue weighted by molar-refractivity contribution is 0.0946. The third kappa shape index (κ3) is 5.04. The molecule has 1 aliphatic heterocycles. The molecule has 3 N–H and O–H groups in total. The van der Waals surface area contributed by atoms with Gasteiger partial charge in [-0.3, -0.25) is 9.89 Å². The predicted molar refractivity (Wildman–Crippen MR) is 95.4 cm³/mol. The van der Waals surface area contributed by atoms with Crippen molar-refractivity contribution in [3.8, 4) is 10.6 Å².